The van der Waals surface area contributed by atoms with E-state index in [-0.39, 0.29) is 17.1 Å². The third-order valence-corrected chi connectivity index (χ3v) is 2.48. The Morgan fingerprint density at radius 3 is 2.71 bits per heavy atom. The standard InChI is InChI=1S/C10H5FN4O2/c11-6-3-1-2-5-7(6)9(17)15(8(5)16)10-12-4-13-14-10/h1-4H,(H,12,13,14). The van der Waals surface area contributed by atoms with Crippen molar-refractivity contribution in [2.45, 2.75) is 0 Å². The lowest BCUT2D eigenvalue weighted by Gasteiger charge is -2.07. The van der Waals surface area contributed by atoms with Gasteiger partial charge in [-0.15, -0.1) is 0 Å². The van der Waals surface area contributed by atoms with Crippen molar-refractivity contribution in [3.05, 3.63) is 41.5 Å². The second-order valence-electron chi connectivity index (χ2n) is 3.42. The fourth-order valence-electron chi connectivity index (χ4n) is 1.74. The van der Waals surface area contributed by atoms with Crippen molar-refractivity contribution in [3.8, 4) is 0 Å². The number of nitrogens with one attached hydrogen (secondary N) is 1. The Morgan fingerprint density at radius 2 is 2.06 bits per heavy atom. The molecule has 84 valence electrons. The zero-order valence-corrected chi connectivity index (χ0v) is 8.35. The van der Waals surface area contributed by atoms with Crippen LogP contribution in [0.4, 0.5) is 10.3 Å². The van der Waals surface area contributed by atoms with Crippen LogP contribution in [0.5, 0.6) is 0 Å². The summed E-state index contributed by atoms with van der Waals surface area (Å²) >= 11 is 0. The normalized spacial score (nSPS) is 14.3. The van der Waals surface area contributed by atoms with E-state index in [1.165, 1.54) is 12.1 Å². The highest BCUT2D eigenvalue weighted by atomic mass is 19.1. The van der Waals surface area contributed by atoms with Gasteiger partial charge in [0.15, 0.2) is 0 Å². The van der Waals surface area contributed by atoms with Gasteiger partial charge >= 0.3 is 0 Å². The van der Waals surface area contributed by atoms with Crippen LogP contribution in [-0.4, -0.2) is 27.0 Å². The molecule has 1 aliphatic rings. The monoisotopic (exact) mass is 232 g/mol. The van der Waals surface area contributed by atoms with Crippen molar-refractivity contribution in [3.63, 3.8) is 0 Å². The van der Waals surface area contributed by atoms with Gasteiger partial charge in [0, 0.05) is 0 Å². The number of carbonyl (C=O) groups excluding carboxylic acids is 2. The number of amides is 2. The predicted molar refractivity (Wildman–Crippen MR) is 53.9 cm³/mol. The molecule has 1 aromatic carbocycles. The van der Waals surface area contributed by atoms with Gasteiger partial charge < -0.3 is 0 Å². The fraction of sp³-hybridized carbons (Fsp3) is 0. The molecule has 0 bridgehead atoms. The summed E-state index contributed by atoms with van der Waals surface area (Å²) < 4.78 is 13.5. The molecular formula is C10H5FN4O2. The largest absolute Gasteiger partial charge is 0.271 e. The van der Waals surface area contributed by atoms with E-state index in [0.29, 0.717) is 0 Å². The lowest BCUT2D eigenvalue weighted by atomic mass is 10.1. The number of anilines is 1. The van der Waals surface area contributed by atoms with Gasteiger partial charge in [-0.25, -0.2) is 14.4 Å². The summed E-state index contributed by atoms with van der Waals surface area (Å²) in [5.74, 6) is -2.08. The molecule has 6 nitrogen and oxygen atoms in total. The summed E-state index contributed by atoms with van der Waals surface area (Å²) in [6.07, 6.45) is 1.16. The van der Waals surface area contributed by atoms with Crippen LogP contribution in [0.15, 0.2) is 24.5 Å². The molecular weight excluding hydrogens is 227 g/mol. The van der Waals surface area contributed by atoms with Crippen LogP contribution < -0.4 is 4.90 Å². The first-order chi connectivity index (χ1) is 8.20. The van der Waals surface area contributed by atoms with Crippen molar-refractivity contribution in [1.29, 1.82) is 0 Å². The molecule has 0 saturated carbocycles. The Kier molecular flexibility index (Phi) is 1.82. The van der Waals surface area contributed by atoms with Crippen molar-refractivity contribution in [2.75, 3.05) is 4.90 Å². The van der Waals surface area contributed by atoms with E-state index in [1.54, 1.807) is 0 Å². The minimum Gasteiger partial charge on any atom is -0.268 e. The number of hydrogen-bond donors (Lipinski definition) is 1. The topological polar surface area (TPSA) is 79.0 Å². The number of imide groups is 1. The number of hydrogen-bond acceptors (Lipinski definition) is 4. The zero-order chi connectivity index (χ0) is 12.0. The summed E-state index contributed by atoms with van der Waals surface area (Å²) in [6, 6.07) is 3.91. The van der Waals surface area contributed by atoms with Gasteiger partial charge in [-0.05, 0) is 12.1 Å². The number of H-pyrrole nitrogens is 1. The number of rotatable bonds is 1. The molecule has 1 aliphatic heterocycles. The van der Waals surface area contributed by atoms with Gasteiger partial charge in [0.2, 0.25) is 5.95 Å². The third-order valence-electron chi connectivity index (χ3n) is 2.48. The molecule has 0 saturated heterocycles. The number of carbonyl (C=O) groups is 2. The average molecular weight is 232 g/mol. The van der Waals surface area contributed by atoms with E-state index < -0.39 is 17.6 Å². The zero-order valence-electron chi connectivity index (χ0n) is 8.35. The van der Waals surface area contributed by atoms with Gasteiger partial charge in [0.25, 0.3) is 11.8 Å². The predicted octanol–water partition coefficient (Wildman–Crippen LogP) is 0.744. The maximum absolute atomic E-state index is 13.5. The van der Waals surface area contributed by atoms with Crippen molar-refractivity contribution >= 4 is 17.8 Å². The lowest BCUT2D eigenvalue weighted by Crippen LogP contribution is -2.30. The van der Waals surface area contributed by atoms with Gasteiger partial charge in [0.1, 0.15) is 12.1 Å². The SMILES string of the molecule is O=C1c2cccc(F)c2C(=O)N1c1ncn[nH]1. The molecule has 7 heteroatoms. The second kappa shape index (κ2) is 3.21. The molecule has 0 unspecified atom stereocenters. The molecule has 1 N–H and O–H groups in total. The Labute approximate surface area is 94.1 Å². The van der Waals surface area contributed by atoms with E-state index >= 15 is 0 Å². The molecule has 0 aliphatic carbocycles. The first kappa shape index (κ1) is 9.64. The van der Waals surface area contributed by atoms with Gasteiger partial charge in [0.05, 0.1) is 11.1 Å². The average Bonchev–Trinajstić information content (AvgIpc) is 2.88. The molecule has 1 aromatic heterocycles. The van der Waals surface area contributed by atoms with Crippen LogP contribution in [0.3, 0.4) is 0 Å². The van der Waals surface area contributed by atoms with Crippen molar-refractivity contribution in [2.24, 2.45) is 0 Å². The van der Waals surface area contributed by atoms with Crippen molar-refractivity contribution in [1.82, 2.24) is 15.2 Å². The van der Waals surface area contributed by atoms with E-state index in [2.05, 4.69) is 15.2 Å². The summed E-state index contributed by atoms with van der Waals surface area (Å²) in [6.45, 7) is 0. The van der Waals surface area contributed by atoms with Gasteiger partial charge in [-0.1, -0.05) is 6.07 Å². The minimum absolute atomic E-state index is 0.0180. The van der Waals surface area contributed by atoms with Crippen LogP contribution in [0.2, 0.25) is 0 Å². The quantitative estimate of drug-likeness (QED) is 0.735. The summed E-state index contributed by atoms with van der Waals surface area (Å²) in [5, 5.41) is 5.94. The number of fused-ring (bicyclic) bond motifs is 1. The van der Waals surface area contributed by atoms with Gasteiger partial charge in [-0.3, -0.25) is 9.59 Å². The van der Waals surface area contributed by atoms with Crippen LogP contribution in [0.1, 0.15) is 20.7 Å². The first-order valence-electron chi connectivity index (χ1n) is 4.73. The molecule has 2 heterocycles. The summed E-state index contributed by atoms with van der Waals surface area (Å²) in [5.41, 5.74) is -0.194. The van der Waals surface area contributed by atoms with E-state index in [9.17, 15) is 14.0 Å². The minimum atomic E-state index is -0.736. The van der Waals surface area contributed by atoms with E-state index in [0.717, 1.165) is 17.3 Å². The van der Waals surface area contributed by atoms with Crippen molar-refractivity contribution < 1.29 is 14.0 Å². The summed E-state index contributed by atoms with van der Waals surface area (Å²) in [7, 11) is 0. The molecule has 3 rings (SSSR count). The number of aromatic amines is 1. The van der Waals surface area contributed by atoms with Crippen LogP contribution in [-0.2, 0) is 0 Å². The Bertz CT molecular complexity index is 623. The number of nitrogens with zero attached hydrogens (tertiary/aromatic N) is 3. The highest BCUT2D eigenvalue weighted by Crippen LogP contribution is 2.27. The van der Waals surface area contributed by atoms with Gasteiger partial charge in [-0.2, -0.15) is 10.1 Å². The fourth-order valence-corrected chi connectivity index (χ4v) is 1.74. The molecule has 2 aromatic rings. The van der Waals surface area contributed by atoms with Crippen LogP contribution in [0.25, 0.3) is 0 Å². The maximum atomic E-state index is 13.5. The third kappa shape index (κ3) is 1.19. The maximum Gasteiger partial charge on any atom is 0.271 e. The molecule has 0 radical (unpaired) electrons. The molecule has 0 fully saturated rings. The summed E-state index contributed by atoms with van der Waals surface area (Å²) in [4.78, 5) is 28.3. The highest BCUT2D eigenvalue weighted by molar-refractivity contribution is 6.33. The molecule has 17 heavy (non-hydrogen) atoms. The first-order valence-corrected chi connectivity index (χ1v) is 4.73. The van der Waals surface area contributed by atoms with Crippen LogP contribution in [0, 0.1) is 5.82 Å². The van der Waals surface area contributed by atoms with E-state index in [4.69, 9.17) is 0 Å². The Balaban J connectivity index is 2.19. The lowest BCUT2D eigenvalue weighted by molar-refractivity contribution is 0.0923. The van der Waals surface area contributed by atoms with E-state index in [1.807, 2.05) is 0 Å². The smallest absolute Gasteiger partial charge is 0.268 e. The number of benzene rings is 1. The molecule has 2 amide bonds. The molecule has 0 spiro atoms. The number of aromatic nitrogens is 3. The number of halogens is 1. The Morgan fingerprint density at radius 1 is 1.24 bits per heavy atom. The van der Waals surface area contributed by atoms with Crippen LogP contribution >= 0.6 is 0 Å². The molecule has 0 atom stereocenters. The Hall–Kier alpha value is -2.57. The second-order valence-corrected chi connectivity index (χ2v) is 3.42. The highest BCUT2D eigenvalue weighted by Gasteiger charge is 2.40.